The first-order valence-corrected chi connectivity index (χ1v) is 7.86. The molecule has 0 radical (unpaired) electrons. The van der Waals surface area contributed by atoms with Gasteiger partial charge in [-0.05, 0) is 42.9 Å². The Bertz CT molecular complexity index is 531. The molecule has 1 fully saturated rings. The van der Waals surface area contributed by atoms with Crippen LogP contribution < -0.4 is 10.2 Å². The molecule has 2 atom stereocenters. The molecule has 4 heteroatoms. The summed E-state index contributed by atoms with van der Waals surface area (Å²) < 4.78 is 5.61. The minimum atomic E-state index is -0.244. The van der Waals surface area contributed by atoms with Crippen LogP contribution in [0.3, 0.4) is 0 Å². The van der Waals surface area contributed by atoms with Crippen LogP contribution in [0.4, 0.5) is 5.69 Å². The van der Waals surface area contributed by atoms with Gasteiger partial charge in [0, 0.05) is 32.4 Å². The van der Waals surface area contributed by atoms with Crippen molar-refractivity contribution in [1.29, 1.82) is 5.26 Å². The lowest BCUT2D eigenvalue weighted by Gasteiger charge is -2.28. The van der Waals surface area contributed by atoms with Crippen LogP contribution in [0.5, 0.6) is 0 Å². The zero-order chi connectivity index (χ0) is 14.7. The SMILES string of the molecule is CN1CCCc2cc(C(C#N)NCC3CCCO3)ccc21. The van der Waals surface area contributed by atoms with Crippen molar-refractivity contribution in [3.05, 3.63) is 29.3 Å². The Morgan fingerprint density at radius 3 is 3.14 bits per heavy atom. The van der Waals surface area contributed by atoms with Gasteiger partial charge in [-0.2, -0.15) is 5.26 Å². The fourth-order valence-corrected chi connectivity index (χ4v) is 3.28. The molecule has 3 rings (SSSR count). The molecular weight excluding hydrogens is 262 g/mol. The quantitative estimate of drug-likeness (QED) is 0.923. The molecule has 0 bridgehead atoms. The van der Waals surface area contributed by atoms with Crippen molar-refractivity contribution in [3.63, 3.8) is 0 Å². The maximum absolute atomic E-state index is 9.45. The molecule has 2 aliphatic heterocycles. The van der Waals surface area contributed by atoms with E-state index in [0.717, 1.165) is 44.5 Å². The molecule has 2 heterocycles. The smallest absolute Gasteiger partial charge is 0.121 e. The summed E-state index contributed by atoms with van der Waals surface area (Å²) in [5.41, 5.74) is 3.74. The number of hydrogen-bond acceptors (Lipinski definition) is 4. The highest BCUT2D eigenvalue weighted by atomic mass is 16.5. The number of rotatable bonds is 4. The van der Waals surface area contributed by atoms with Crippen molar-refractivity contribution in [2.45, 2.75) is 37.8 Å². The molecule has 0 saturated carbocycles. The molecule has 1 saturated heterocycles. The third-order valence-corrected chi connectivity index (χ3v) is 4.49. The second-order valence-corrected chi connectivity index (χ2v) is 6.02. The summed E-state index contributed by atoms with van der Waals surface area (Å²) in [6.45, 7) is 2.73. The van der Waals surface area contributed by atoms with Gasteiger partial charge in [-0.3, -0.25) is 5.32 Å². The highest BCUT2D eigenvalue weighted by molar-refractivity contribution is 5.56. The predicted octanol–water partition coefficient (Wildman–Crippen LogP) is 2.40. The van der Waals surface area contributed by atoms with E-state index in [1.165, 1.54) is 17.7 Å². The van der Waals surface area contributed by atoms with Crippen LogP contribution in [0.1, 0.15) is 36.4 Å². The van der Waals surface area contributed by atoms with E-state index in [-0.39, 0.29) is 12.1 Å². The van der Waals surface area contributed by atoms with Crippen LogP contribution >= 0.6 is 0 Å². The lowest BCUT2D eigenvalue weighted by molar-refractivity contribution is 0.109. The Morgan fingerprint density at radius 2 is 2.38 bits per heavy atom. The molecule has 0 aromatic heterocycles. The van der Waals surface area contributed by atoms with Gasteiger partial charge < -0.3 is 9.64 Å². The van der Waals surface area contributed by atoms with Gasteiger partial charge >= 0.3 is 0 Å². The minimum Gasteiger partial charge on any atom is -0.377 e. The number of nitrogens with one attached hydrogen (secondary N) is 1. The van der Waals surface area contributed by atoms with Crippen LogP contribution in [0.2, 0.25) is 0 Å². The van der Waals surface area contributed by atoms with Crippen molar-refractivity contribution in [3.8, 4) is 6.07 Å². The minimum absolute atomic E-state index is 0.244. The van der Waals surface area contributed by atoms with Gasteiger partial charge in [-0.25, -0.2) is 0 Å². The van der Waals surface area contributed by atoms with E-state index in [4.69, 9.17) is 4.74 Å². The molecule has 0 spiro atoms. The van der Waals surface area contributed by atoms with E-state index >= 15 is 0 Å². The molecule has 1 N–H and O–H groups in total. The molecule has 0 amide bonds. The van der Waals surface area contributed by atoms with E-state index in [1.807, 2.05) is 0 Å². The van der Waals surface area contributed by atoms with E-state index in [1.54, 1.807) is 0 Å². The number of benzene rings is 1. The van der Waals surface area contributed by atoms with E-state index in [9.17, 15) is 5.26 Å². The number of hydrogen-bond donors (Lipinski definition) is 1. The molecular formula is C17H23N3O. The topological polar surface area (TPSA) is 48.3 Å². The monoisotopic (exact) mass is 285 g/mol. The van der Waals surface area contributed by atoms with E-state index in [2.05, 4.69) is 41.5 Å². The van der Waals surface area contributed by atoms with Crippen molar-refractivity contribution in [2.24, 2.45) is 0 Å². The number of aryl methyl sites for hydroxylation is 1. The lowest BCUT2D eigenvalue weighted by atomic mass is 9.97. The first-order valence-electron chi connectivity index (χ1n) is 7.86. The number of nitrogens with zero attached hydrogens (tertiary/aromatic N) is 2. The van der Waals surface area contributed by atoms with Crippen molar-refractivity contribution in [2.75, 3.05) is 31.6 Å². The zero-order valence-electron chi connectivity index (χ0n) is 12.6. The Morgan fingerprint density at radius 1 is 1.48 bits per heavy atom. The fraction of sp³-hybridized carbons (Fsp3) is 0.588. The molecule has 1 aromatic carbocycles. The number of anilines is 1. The maximum atomic E-state index is 9.45. The Labute approximate surface area is 126 Å². The van der Waals surface area contributed by atoms with Crippen LogP contribution in [0.25, 0.3) is 0 Å². The van der Waals surface area contributed by atoms with Crippen molar-refractivity contribution >= 4 is 5.69 Å². The van der Waals surface area contributed by atoms with Gasteiger partial charge in [0.15, 0.2) is 0 Å². The third kappa shape index (κ3) is 3.20. The molecule has 4 nitrogen and oxygen atoms in total. The van der Waals surface area contributed by atoms with Gasteiger partial charge in [0.25, 0.3) is 0 Å². The fourth-order valence-electron chi connectivity index (χ4n) is 3.28. The molecule has 2 aliphatic rings. The third-order valence-electron chi connectivity index (χ3n) is 4.49. The second kappa shape index (κ2) is 6.46. The zero-order valence-corrected chi connectivity index (χ0v) is 12.6. The summed E-state index contributed by atoms with van der Waals surface area (Å²) >= 11 is 0. The van der Waals surface area contributed by atoms with Gasteiger partial charge in [0.2, 0.25) is 0 Å². The van der Waals surface area contributed by atoms with Crippen molar-refractivity contribution in [1.82, 2.24) is 5.32 Å². The molecule has 112 valence electrons. The van der Waals surface area contributed by atoms with Crippen LogP contribution in [-0.2, 0) is 11.2 Å². The molecule has 21 heavy (non-hydrogen) atoms. The summed E-state index contributed by atoms with van der Waals surface area (Å²) in [7, 11) is 2.13. The molecule has 0 aliphatic carbocycles. The van der Waals surface area contributed by atoms with Gasteiger partial charge in [0.05, 0.1) is 12.2 Å². The average Bonchev–Trinajstić information content (AvgIpc) is 3.01. The van der Waals surface area contributed by atoms with Gasteiger partial charge in [-0.1, -0.05) is 12.1 Å². The van der Waals surface area contributed by atoms with Gasteiger partial charge in [-0.15, -0.1) is 0 Å². The summed E-state index contributed by atoms with van der Waals surface area (Å²) in [5.74, 6) is 0. The Hall–Kier alpha value is -1.57. The van der Waals surface area contributed by atoms with Crippen LogP contribution in [0, 0.1) is 11.3 Å². The standard InChI is InChI=1S/C17H23N3O/c1-20-8-2-4-14-10-13(6-7-17(14)20)16(11-18)19-12-15-5-3-9-21-15/h6-7,10,15-16,19H,2-5,8-9,12H2,1H3. The van der Waals surface area contributed by atoms with E-state index < -0.39 is 0 Å². The normalized spacial score (nSPS) is 22.7. The van der Waals surface area contributed by atoms with Crippen molar-refractivity contribution < 1.29 is 4.74 Å². The maximum Gasteiger partial charge on any atom is 0.121 e. The van der Waals surface area contributed by atoms with Gasteiger partial charge in [0.1, 0.15) is 6.04 Å². The summed E-state index contributed by atoms with van der Waals surface area (Å²) in [4.78, 5) is 2.30. The highest BCUT2D eigenvalue weighted by Crippen LogP contribution is 2.28. The highest BCUT2D eigenvalue weighted by Gasteiger charge is 2.20. The predicted molar refractivity (Wildman–Crippen MR) is 83.4 cm³/mol. The number of ether oxygens (including phenoxy) is 1. The number of nitriles is 1. The summed E-state index contributed by atoms with van der Waals surface area (Å²) in [6, 6.07) is 8.57. The second-order valence-electron chi connectivity index (χ2n) is 6.02. The molecule has 2 unspecified atom stereocenters. The lowest BCUT2D eigenvalue weighted by Crippen LogP contribution is -2.30. The summed E-state index contributed by atoms with van der Waals surface area (Å²) in [6.07, 6.45) is 4.80. The molecule has 1 aromatic rings. The Kier molecular flexibility index (Phi) is 4.42. The first-order chi connectivity index (χ1) is 10.3. The van der Waals surface area contributed by atoms with E-state index in [0.29, 0.717) is 0 Å². The summed E-state index contributed by atoms with van der Waals surface area (Å²) in [5, 5.41) is 12.8. The van der Waals surface area contributed by atoms with Crippen LogP contribution in [-0.4, -0.2) is 32.8 Å². The largest absolute Gasteiger partial charge is 0.377 e. The number of fused-ring (bicyclic) bond motifs is 1. The first kappa shape index (κ1) is 14.4. The average molecular weight is 285 g/mol. The van der Waals surface area contributed by atoms with Crippen LogP contribution in [0.15, 0.2) is 18.2 Å². The Balaban J connectivity index is 1.70.